The van der Waals surface area contributed by atoms with E-state index in [4.69, 9.17) is 14.2 Å². The summed E-state index contributed by atoms with van der Waals surface area (Å²) in [5, 5.41) is 0. The molecule has 1 saturated heterocycles. The fraction of sp³-hybridized carbons (Fsp3) is 0.833. The molecule has 0 amide bonds. The van der Waals surface area contributed by atoms with Gasteiger partial charge in [-0.2, -0.15) is 0 Å². The highest BCUT2D eigenvalue weighted by atomic mass is 16.5. The zero-order chi connectivity index (χ0) is 16.8. The first kappa shape index (κ1) is 17.9. The van der Waals surface area contributed by atoms with Gasteiger partial charge in [0.15, 0.2) is 0 Å². The first-order valence-electron chi connectivity index (χ1n) is 9.23. The van der Waals surface area contributed by atoms with Gasteiger partial charge >= 0.3 is 0 Å². The van der Waals surface area contributed by atoms with E-state index < -0.39 is 0 Å². The third-order valence-electron chi connectivity index (χ3n) is 5.07. The van der Waals surface area contributed by atoms with E-state index in [0.29, 0.717) is 11.8 Å². The van der Waals surface area contributed by atoms with E-state index in [2.05, 4.69) is 21.5 Å². The van der Waals surface area contributed by atoms with Crippen molar-refractivity contribution in [2.24, 2.45) is 13.0 Å². The van der Waals surface area contributed by atoms with Crippen LogP contribution in [0.3, 0.4) is 0 Å². The van der Waals surface area contributed by atoms with Crippen LogP contribution < -0.4 is 0 Å². The van der Waals surface area contributed by atoms with Crippen molar-refractivity contribution in [3.05, 3.63) is 17.7 Å². The van der Waals surface area contributed by atoms with Gasteiger partial charge < -0.3 is 18.8 Å². The molecule has 3 rings (SSSR count). The van der Waals surface area contributed by atoms with Crippen LogP contribution in [0.25, 0.3) is 0 Å². The predicted octanol–water partition coefficient (Wildman–Crippen LogP) is 1.80. The summed E-state index contributed by atoms with van der Waals surface area (Å²) in [6.07, 6.45) is 4.19. The summed E-state index contributed by atoms with van der Waals surface area (Å²) in [7, 11) is 2.09. The molecule has 1 fully saturated rings. The predicted molar refractivity (Wildman–Crippen MR) is 92.1 cm³/mol. The van der Waals surface area contributed by atoms with Gasteiger partial charge in [0.2, 0.25) is 0 Å². The summed E-state index contributed by atoms with van der Waals surface area (Å²) in [6.45, 7) is 9.89. The molecule has 0 aromatic carbocycles. The first-order chi connectivity index (χ1) is 11.8. The standard InChI is InChI=1S/C18H31N3O3/c1-3-22-9-6-21-10-16(18-17(11-21)19-14-20(18)2)13-24-12-15-4-7-23-8-5-15/h14-16H,3-13H2,1-2H3/t16-/m1/s1. The molecule has 0 N–H and O–H groups in total. The Kier molecular flexibility index (Phi) is 6.66. The molecule has 3 heterocycles. The van der Waals surface area contributed by atoms with Crippen molar-refractivity contribution in [1.82, 2.24) is 14.5 Å². The van der Waals surface area contributed by atoms with Crippen LogP contribution in [0, 0.1) is 5.92 Å². The van der Waals surface area contributed by atoms with E-state index in [1.54, 1.807) is 0 Å². The topological polar surface area (TPSA) is 48.8 Å². The van der Waals surface area contributed by atoms with E-state index in [0.717, 1.165) is 72.1 Å². The molecule has 1 aromatic heterocycles. The maximum absolute atomic E-state index is 6.11. The quantitative estimate of drug-likeness (QED) is 0.677. The molecule has 0 radical (unpaired) electrons. The van der Waals surface area contributed by atoms with E-state index in [-0.39, 0.29) is 0 Å². The highest BCUT2D eigenvalue weighted by Crippen LogP contribution is 2.28. The number of ether oxygens (including phenoxy) is 3. The number of imidazole rings is 1. The molecule has 6 heteroatoms. The molecule has 2 aliphatic rings. The second kappa shape index (κ2) is 8.94. The summed E-state index contributed by atoms with van der Waals surface area (Å²) in [5.74, 6) is 1.05. The molecule has 0 bridgehead atoms. The Labute approximate surface area is 145 Å². The largest absolute Gasteiger partial charge is 0.381 e. The van der Waals surface area contributed by atoms with E-state index >= 15 is 0 Å². The van der Waals surface area contributed by atoms with Crippen molar-refractivity contribution >= 4 is 0 Å². The van der Waals surface area contributed by atoms with Crippen LogP contribution in [-0.2, 0) is 27.8 Å². The maximum atomic E-state index is 6.11. The van der Waals surface area contributed by atoms with Crippen LogP contribution in [0.4, 0.5) is 0 Å². The summed E-state index contributed by atoms with van der Waals surface area (Å²) < 4.78 is 19.2. The molecule has 0 saturated carbocycles. The van der Waals surface area contributed by atoms with Gasteiger partial charge in [-0.05, 0) is 25.7 Å². The highest BCUT2D eigenvalue weighted by molar-refractivity contribution is 5.21. The molecular formula is C18H31N3O3. The summed E-state index contributed by atoms with van der Waals surface area (Å²) >= 11 is 0. The number of nitrogens with zero attached hydrogens (tertiary/aromatic N) is 3. The minimum atomic E-state index is 0.391. The van der Waals surface area contributed by atoms with Crippen molar-refractivity contribution < 1.29 is 14.2 Å². The molecule has 6 nitrogen and oxygen atoms in total. The molecule has 2 aliphatic heterocycles. The Balaban J connectivity index is 1.54. The third kappa shape index (κ3) is 4.57. The van der Waals surface area contributed by atoms with Gasteiger partial charge in [-0.25, -0.2) is 4.98 Å². The van der Waals surface area contributed by atoms with Crippen LogP contribution in [0.15, 0.2) is 6.33 Å². The number of hydrogen-bond donors (Lipinski definition) is 0. The zero-order valence-electron chi connectivity index (χ0n) is 15.1. The van der Waals surface area contributed by atoms with E-state index in [9.17, 15) is 0 Å². The monoisotopic (exact) mass is 337 g/mol. The molecule has 1 aromatic rings. The van der Waals surface area contributed by atoms with Crippen LogP contribution in [0.5, 0.6) is 0 Å². The van der Waals surface area contributed by atoms with Crippen LogP contribution in [0.2, 0.25) is 0 Å². The lowest BCUT2D eigenvalue weighted by molar-refractivity contribution is 0.0118. The molecule has 136 valence electrons. The number of aromatic nitrogens is 2. The summed E-state index contributed by atoms with van der Waals surface area (Å²) in [4.78, 5) is 7.03. The van der Waals surface area contributed by atoms with E-state index in [1.807, 2.05) is 13.3 Å². The summed E-state index contributed by atoms with van der Waals surface area (Å²) in [6, 6.07) is 0. The van der Waals surface area contributed by atoms with Gasteiger partial charge in [-0.3, -0.25) is 4.90 Å². The smallest absolute Gasteiger partial charge is 0.0949 e. The number of fused-ring (bicyclic) bond motifs is 1. The van der Waals surface area contributed by atoms with Gasteiger partial charge in [-0.15, -0.1) is 0 Å². The average molecular weight is 337 g/mol. The number of rotatable bonds is 8. The zero-order valence-corrected chi connectivity index (χ0v) is 15.1. The van der Waals surface area contributed by atoms with Crippen LogP contribution in [0.1, 0.15) is 37.1 Å². The molecular weight excluding hydrogens is 306 g/mol. The fourth-order valence-electron chi connectivity index (χ4n) is 3.74. The van der Waals surface area contributed by atoms with Gasteiger partial charge in [0.1, 0.15) is 0 Å². The van der Waals surface area contributed by atoms with Crippen LogP contribution in [-0.4, -0.2) is 67.2 Å². The van der Waals surface area contributed by atoms with E-state index in [1.165, 1.54) is 11.4 Å². The Morgan fingerprint density at radius 1 is 1.25 bits per heavy atom. The van der Waals surface area contributed by atoms with Crippen molar-refractivity contribution in [3.63, 3.8) is 0 Å². The Bertz CT molecular complexity index is 500. The maximum Gasteiger partial charge on any atom is 0.0949 e. The number of aryl methyl sites for hydroxylation is 1. The highest BCUT2D eigenvalue weighted by Gasteiger charge is 2.29. The molecule has 0 unspecified atom stereocenters. The van der Waals surface area contributed by atoms with Gasteiger partial charge in [0.25, 0.3) is 0 Å². The van der Waals surface area contributed by atoms with Crippen molar-refractivity contribution in [3.8, 4) is 0 Å². The van der Waals surface area contributed by atoms with Crippen molar-refractivity contribution in [2.45, 2.75) is 32.2 Å². The SMILES string of the molecule is CCOCCN1Cc2ncn(C)c2[C@@H](COCC2CCOCC2)C1. The lowest BCUT2D eigenvalue weighted by Gasteiger charge is -2.33. The van der Waals surface area contributed by atoms with Gasteiger partial charge in [-0.1, -0.05) is 0 Å². The Morgan fingerprint density at radius 3 is 2.88 bits per heavy atom. The molecule has 0 spiro atoms. The average Bonchev–Trinajstić information content (AvgIpc) is 2.97. The van der Waals surface area contributed by atoms with Crippen molar-refractivity contribution in [1.29, 1.82) is 0 Å². The molecule has 24 heavy (non-hydrogen) atoms. The lowest BCUT2D eigenvalue weighted by Crippen LogP contribution is -2.38. The van der Waals surface area contributed by atoms with Crippen molar-refractivity contribution in [2.75, 3.05) is 52.7 Å². The van der Waals surface area contributed by atoms with Gasteiger partial charge in [0, 0.05) is 64.7 Å². The number of hydrogen-bond acceptors (Lipinski definition) is 5. The minimum Gasteiger partial charge on any atom is -0.381 e. The third-order valence-corrected chi connectivity index (χ3v) is 5.07. The summed E-state index contributed by atoms with van der Waals surface area (Å²) in [5.41, 5.74) is 2.54. The molecule has 1 atom stereocenters. The van der Waals surface area contributed by atoms with Gasteiger partial charge in [0.05, 0.1) is 25.2 Å². The van der Waals surface area contributed by atoms with Crippen LogP contribution >= 0.6 is 0 Å². The molecule has 0 aliphatic carbocycles. The first-order valence-corrected chi connectivity index (χ1v) is 9.23. The normalized spacial score (nSPS) is 22.7. The fourth-order valence-corrected chi connectivity index (χ4v) is 3.74. The lowest BCUT2D eigenvalue weighted by atomic mass is 9.98. The second-order valence-corrected chi connectivity index (χ2v) is 6.91. The second-order valence-electron chi connectivity index (χ2n) is 6.91. The minimum absolute atomic E-state index is 0.391. The Morgan fingerprint density at radius 2 is 2.08 bits per heavy atom. The Hall–Kier alpha value is -0.950.